The molecule has 32 heavy (non-hydrogen) atoms. The molecule has 8 heteroatoms. The molecule has 2 aromatic carbocycles. The van der Waals surface area contributed by atoms with E-state index in [9.17, 15) is 9.59 Å². The van der Waals surface area contributed by atoms with Gasteiger partial charge in [0, 0.05) is 6.07 Å². The molecule has 0 aliphatic carbocycles. The third kappa shape index (κ3) is 4.80. The molecule has 2 aromatic rings. The van der Waals surface area contributed by atoms with Crippen molar-refractivity contribution in [2.75, 3.05) is 27.9 Å². The van der Waals surface area contributed by atoms with Crippen LogP contribution in [0.3, 0.4) is 0 Å². The lowest BCUT2D eigenvalue weighted by molar-refractivity contribution is -0.149. The van der Waals surface area contributed by atoms with E-state index in [0.717, 1.165) is 0 Å². The van der Waals surface area contributed by atoms with Crippen molar-refractivity contribution in [2.24, 2.45) is 0 Å². The van der Waals surface area contributed by atoms with Crippen molar-refractivity contribution in [1.29, 1.82) is 0 Å². The van der Waals surface area contributed by atoms with Crippen molar-refractivity contribution in [3.8, 4) is 28.7 Å². The molecule has 1 aliphatic heterocycles. The van der Waals surface area contributed by atoms with E-state index < -0.39 is 5.97 Å². The SMILES string of the molecule is COc1cc(/C=C2\Oc3cc(OCC(=O)OC(C)C)cc(C)c3C2=O)cc(OC)c1OC. The molecule has 0 spiro atoms. The van der Waals surface area contributed by atoms with Gasteiger partial charge in [0.25, 0.3) is 0 Å². The fourth-order valence-electron chi connectivity index (χ4n) is 3.34. The summed E-state index contributed by atoms with van der Waals surface area (Å²) in [5, 5.41) is 0. The summed E-state index contributed by atoms with van der Waals surface area (Å²) in [4.78, 5) is 24.7. The quantitative estimate of drug-likeness (QED) is 0.448. The Morgan fingerprint density at radius 1 is 1.03 bits per heavy atom. The largest absolute Gasteiger partial charge is 0.493 e. The molecule has 0 fully saturated rings. The van der Waals surface area contributed by atoms with Crippen LogP contribution in [0.15, 0.2) is 30.0 Å². The second kappa shape index (κ2) is 9.64. The van der Waals surface area contributed by atoms with Gasteiger partial charge in [0.15, 0.2) is 23.9 Å². The monoisotopic (exact) mass is 442 g/mol. The lowest BCUT2D eigenvalue weighted by atomic mass is 10.0. The van der Waals surface area contributed by atoms with Crippen molar-refractivity contribution in [3.63, 3.8) is 0 Å². The Morgan fingerprint density at radius 3 is 2.25 bits per heavy atom. The zero-order valence-electron chi connectivity index (χ0n) is 18.9. The van der Waals surface area contributed by atoms with Crippen LogP contribution in [0.25, 0.3) is 6.08 Å². The maximum absolute atomic E-state index is 13.0. The van der Waals surface area contributed by atoms with Crippen LogP contribution >= 0.6 is 0 Å². The summed E-state index contributed by atoms with van der Waals surface area (Å²) >= 11 is 0. The van der Waals surface area contributed by atoms with Crippen molar-refractivity contribution in [3.05, 3.63) is 46.7 Å². The van der Waals surface area contributed by atoms with E-state index >= 15 is 0 Å². The number of Topliss-reactive ketones (excluding diaryl/α,β-unsaturated/α-hetero) is 1. The van der Waals surface area contributed by atoms with Crippen LogP contribution in [0.4, 0.5) is 0 Å². The smallest absolute Gasteiger partial charge is 0.344 e. The third-order valence-electron chi connectivity index (χ3n) is 4.65. The van der Waals surface area contributed by atoms with Gasteiger partial charge in [-0.1, -0.05) is 0 Å². The fourth-order valence-corrected chi connectivity index (χ4v) is 3.34. The van der Waals surface area contributed by atoms with Crippen molar-refractivity contribution in [2.45, 2.75) is 26.9 Å². The number of esters is 1. The first-order chi connectivity index (χ1) is 15.3. The number of methoxy groups -OCH3 is 3. The van der Waals surface area contributed by atoms with Gasteiger partial charge in [-0.3, -0.25) is 4.79 Å². The number of fused-ring (bicyclic) bond motifs is 1. The average molecular weight is 442 g/mol. The number of carbonyl (C=O) groups is 2. The van der Waals surface area contributed by atoms with Crippen LogP contribution < -0.4 is 23.7 Å². The molecule has 1 heterocycles. The van der Waals surface area contributed by atoms with E-state index in [1.165, 1.54) is 21.3 Å². The Labute approximate surface area is 186 Å². The first kappa shape index (κ1) is 23.0. The van der Waals surface area contributed by atoms with Crippen LogP contribution in [-0.4, -0.2) is 45.8 Å². The van der Waals surface area contributed by atoms with Crippen LogP contribution in [0.2, 0.25) is 0 Å². The Bertz CT molecular complexity index is 1040. The average Bonchev–Trinajstić information content (AvgIpc) is 3.06. The molecule has 0 bridgehead atoms. The van der Waals surface area contributed by atoms with Gasteiger partial charge >= 0.3 is 5.97 Å². The Morgan fingerprint density at radius 2 is 1.69 bits per heavy atom. The van der Waals surface area contributed by atoms with Crippen molar-refractivity contribution in [1.82, 2.24) is 0 Å². The van der Waals surface area contributed by atoms with Crippen LogP contribution in [0.1, 0.15) is 35.3 Å². The summed E-state index contributed by atoms with van der Waals surface area (Å²) < 4.78 is 32.5. The van der Waals surface area contributed by atoms with E-state index in [0.29, 0.717) is 45.4 Å². The predicted octanol–water partition coefficient (Wildman–Crippen LogP) is 3.97. The number of hydrogen-bond donors (Lipinski definition) is 0. The lowest BCUT2D eigenvalue weighted by Gasteiger charge is -2.13. The molecule has 1 aliphatic rings. The number of carbonyl (C=O) groups excluding carboxylic acids is 2. The molecule has 3 rings (SSSR count). The Balaban J connectivity index is 1.87. The van der Waals surface area contributed by atoms with Gasteiger partial charge in [-0.05, 0) is 56.2 Å². The van der Waals surface area contributed by atoms with E-state index in [1.54, 1.807) is 51.1 Å². The van der Waals surface area contributed by atoms with Crippen molar-refractivity contribution < 1.29 is 38.0 Å². The number of benzene rings is 2. The minimum absolute atomic E-state index is 0.147. The number of aryl methyl sites for hydroxylation is 1. The summed E-state index contributed by atoms with van der Waals surface area (Å²) in [7, 11) is 4.55. The molecule has 0 N–H and O–H groups in total. The minimum atomic E-state index is -0.474. The number of ether oxygens (including phenoxy) is 6. The first-order valence-electron chi connectivity index (χ1n) is 9.98. The summed E-state index contributed by atoms with van der Waals surface area (Å²) in [5.41, 5.74) is 1.76. The molecule has 0 radical (unpaired) electrons. The molecule has 0 saturated carbocycles. The van der Waals surface area contributed by atoms with Gasteiger partial charge in [0.1, 0.15) is 11.5 Å². The van der Waals surface area contributed by atoms with Gasteiger partial charge in [0.05, 0.1) is 33.0 Å². The molecule has 170 valence electrons. The fraction of sp³-hybridized carbons (Fsp3) is 0.333. The maximum Gasteiger partial charge on any atom is 0.344 e. The van der Waals surface area contributed by atoms with Gasteiger partial charge in [-0.15, -0.1) is 0 Å². The zero-order chi connectivity index (χ0) is 23.4. The normalized spacial score (nSPS) is 13.6. The molecule has 0 saturated heterocycles. The molecular formula is C24H26O8. The molecule has 8 nitrogen and oxygen atoms in total. The number of ketones is 1. The van der Waals surface area contributed by atoms with Crippen LogP contribution in [0.5, 0.6) is 28.7 Å². The van der Waals surface area contributed by atoms with Gasteiger partial charge in [0.2, 0.25) is 11.5 Å². The molecule has 0 amide bonds. The van der Waals surface area contributed by atoms with E-state index in [2.05, 4.69) is 0 Å². The summed E-state index contributed by atoms with van der Waals surface area (Å²) in [6, 6.07) is 6.70. The Hall–Kier alpha value is -3.68. The second-order valence-corrected chi connectivity index (χ2v) is 7.34. The number of allylic oxidation sites excluding steroid dienone is 1. The summed E-state index contributed by atoms with van der Waals surface area (Å²) in [5.74, 6) is 1.56. The molecule has 0 unspecified atom stereocenters. The molecule has 0 aromatic heterocycles. The van der Waals surface area contributed by atoms with Crippen LogP contribution in [0, 0.1) is 6.92 Å². The second-order valence-electron chi connectivity index (χ2n) is 7.34. The third-order valence-corrected chi connectivity index (χ3v) is 4.65. The highest BCUT2D eigenvalue weighted by molar-refractivity contribution is 6.15. The zero-order valence-corrected chi connectivity index (χ0v) is 18.9. The first-order valence-corrected chi connectivity index (χ1v) is 9.98. The van der Waals surface area contributed by atoms with Gasteiger partial charge < -0.3 is 28.4 Å². The van der Waals surface area contributed by atoms with Gasteiger partial charge in [-0.2, -0.15) is 0 Å². The maximum atomic E-state index is 13.0. The summed E-state index contributed by atoms with van der Waals surface area (Å²) in [6.45, 7) is 5.07. The highest BCUT2D eigenvalue weighted by atomic mass is 16.6. The minimum Gasteiger partial charge on any atom is -0.493 e. The predicted molar refractivity (Wildman–Crippen MR) is 117 cm³/mol. The molecular weight excluding hydrogens is 416 g/mol. The van der Waals surface area contributed by atoms with E-state index in [1.807, 2.05) is 0 Å². The molecule has 0 atom stereocenters. The topological polar surface area (TPSA) is 89.5 Å². The van der Waals surface area contributed by atoms with Gasteiger partial charge in [-0.25, -0.2) is 4.79 Å². The van der Waals surface area contributed by atoms with E-state index in [4.69, 9.17) is 28.4 Å². The lowest BCUT2D eigenvalue weighted by Crippen LogP contribution is -2.18. The highest BCUT2D eigenvalue weighted by Gasteiger charge is 2.30. The van der Waals surface area contributed by atoms with Crippen LogP contribution in [-0.2, 0) is 9.53 Å². The van der Waals surface area contributed by atoms with E-state index in [-0.39, 0.29) is 24.3 Å². The standard InChI is InChI=1S/C24H26O8/c1-13(2)31-21(25)12-30-16-7-14(3)22-17(11-16)32-18(23(22)26)8-15-9-19(27-4)24(29-6)20(10-15)28-5/h7-11,13H,12H2,1-6H3/b18-8-. The van der Waals surface area contributed by atoms with Crippen molar-refractivity contribution >= 4 is 17.8 Å². The number of hydrogen-bond acceptors (Lipinski definition) is 8. The Kier molecular flexibility index (Phi) is 6.92. The highest BCUT2D eigenvalue weighted by Crippen LogP contribution is 2.41. The number of rotatable bonds is 8. The summed E-state index contributed by atoms with van der Waals surface area (Å²) in [6.07, 6.45) is 1.38.